The number of methoxy groups -OCH3 is 1. The van der Waals surface area contributed by atoms with E-state index in [0.29, 0.717) is 36.3 Å². The third-order valence-electron chi connectivity index (χ3n) is 4.27. The number of carbonyl (C=O) groups is 4. The summed E-state index contributed by atoms with van der Waals surface area (Å²) in [4.78, 5) is 52.0. The van der Waals surface area contributed by atoms with Gasteiger partial charge in [-0.05, 0) is 7.05 Å². The summed E-state index contributed by atoms with van der Waals surface area (Å²) in [6, 6.07) is 0. The number of thioether (sulfide) groups is 1. The van der Waals surface area contributed by atoms with E-state index in [9.17, 15) is 27.6 Å². The third kappa shape index (κ3) is 12.1. The monoisotopic (exact) mass is 482 g/mol. The quantitative estimate of drug-likeness (QED) is 0.162. The number of esters is 1. The van der Waals surface area contributed by atoms with Gasteiger partial charge in [0.1, 0.15) is 0 Å². The predicted molar refractivity (Wildman–Crippen MR) is 113 cm³/mol. The van der Waals surface area contributed by atoms with E-state index in [4.69, 9.17) is 9.57 Å². The summed E-state index contributed by atoms with van der Waals surface area (Å²) in [5.41, 5.74) is 0. The van der Waals surface area contributed by atoms with E-state index in [0.717, 1.165) is 0 Å². The minimum Gasteiger partial charge on any atom is -0.469 e. The minimum atomic E-state index is -3.28. The van der Waals surface area contributed by atoms with Gasteiger partial charge in [0.25, 0.3) is 11.8 Å². The molecule has 0 saturated carbocycles. The maximum atomic E-state index is 12.0. The SMILES string of the molecule is COC(=O)CCN(C)CCOCCS(=O)(=O)CCSCCC(=O)ON1C(=O)CCC1=O. The summed E-state index contributed by atoms with van der Waals surface area (Å²) in [6.07, 6.45) is 0.322. The van der Waals surface area contributed by atoms with Crippen LogP contribution in [0.2, 0.25) is 0 Å². The summed E-state index contributed by atoms with van der Waals surface area (Å²) in [5, 5.41) is 0.494. The van der Waals surface area contributed by atoms with Crippen molar-refractivity contribution in [3.8, 4) is 0 Å². The van der Waals surface area contributed by atoms with E-state index in [1.807, 2.05) is 11.9 Å². The topological polar surface area (TPSA) is 137 Å². The van der Waals surface area contributed by atoms with Crippen LogP contribution in [0.1, 0.15) is 25.7 Å². The van der Waals surface area contributed by atoms with Crippen LogP contribution < -0.4 is 0 Å². The Kier molecular flexibility index (Phi) is 12.7. The van der Waals surface area contributed by atoms with Crippen LogP contribution in [-0.2, 0) is 43.3 Å². The van der Waals surface area contributed by atoms with Gasteiger partial charge in [-0.1, -0.05) is 0 Å². The molecule has 1 heterocycles. The van der Waals surface area contributed by atoms with Gasteiger partial charge < -0.3 is 19.2 Å². The molecule has 178 valence electrons. The molecule has 0 aliphatic carbocycles. The highest BCUT2D eigenvalue weighted by molar-refractivity contribution is 8.00. The van der Waals surface area contributed by atoms with Crippen molar-refractivity contribution in [1.29, 1.82) is 0 Å². The fourth-order valence-electron chi connectivity index (χ4n) is 2.36. The second-order valence-corrected chi connectivity index (χ2v) is 10.3. The van der Waals surface area contributed by atoms with E-state index in [1.54, 1.807) is 0 Å². The molecule has 31 heavy (non-hydrogen) atoms. The molecule has 1 fully saturated rings. The lowest BCUT2D eigenvalue weighted by Gasteiger charge is -2.15. The van der Waals surface area contributed by atoms with Gasteiger partial charge in [-0.25, -0.2) is 13.2 Å². The van der Waals surface area contributed by atoms with Gasteiger partial charge in [0.05, 0.1) is 44.7 Å². The van der Waals surface area contributed by atoms with Gasteiger partial charge in [-0.2, -0.15) is 11.8 Å². The van der Waals surface area contributed by atoms with E-state index in [-0.39, 0.29) is 49.8 Å². The zero-order chi connectivity index (χ0) is 23.3. The van der Waals surface area contributed by atoms with Crippen molar-refractivity contribution in [1.82, 2.24) is 9.96 Å². The molecule has 1 rings (SSSR count). The number of imide groups is 1. The molecule has 13 heteroatoms. The molecular formula is C18H30N2O9S2. The lowest BCUT2D eigenvalue weighted by atomic mass is 10.4. The van der Waals surface area contributed by atoms with Crippen molar-refractivity contribution in [2.24, 2.45) is 0 Å². The van der Waals surface area contributed by atoms with Gasteiger partial charge in [-0.15, -0.1) is 5.06 Å². The number of ether oxygens (including phenoxy) is 2. The maximum Gasteiger partial charge on any atom is 0.334 e. The molecule has 0 unspecified atom stereocenters. The molecule has 11 nitrogen and oxygen atoms in total. The number of rotatable bonds is 16. The highest BCUT2D eigenvalue weighted by Crippen LogP contribution is 2.13. The molecule has 0 atom stereocenters. The first-order chi connectivity index (χ1) is 14.6. The fraction of sp³-hybridized carbons (Fsp3) is 0.778. The van der Waals surface area contributed by atoms with Gasteiger partial charge in [0.15, 0.2) is 9.84 Å². The number of likely N-dealkylation sites (N-methyl/N-ethyl adjacent to an activating group) is 1. The number of hydroxylamine groups is 2. The minimum absolute atomic E-state index is 0.0334. The normalized spacial score (nSPS) is 14.4. The van der Waals surface area contributed by atoms with Crippen molar-refractivity contribution in [2.75, 3.05) is 63.5 Å². The molecule has 0 spiro atoms. The molecule has 0 bridgehead atoms. The van der Waals surface area contributed by atoms with Crippen LogP contribution in [0.15, 0.2) is 0 Å². The van der Waals surface area contributed by atoms with Crippen LogP contribution in [-0.4, -0.2) is 106 Å². The second kappa shape index (κ2) is 14.4. The highest BCUT2D eigenvalue weighted by Gasteiger charge is 2.32. The van der Waals surface area contributed by atoms with Crippen molar-refractivity contribution < 1.29 is 41.9 Å². The van der Waals surface area contributed by atoms with Crippen LogP contribution in [0.4, 0.5) is 0 Å². The lowest BCUT2D eigenvalue weighted by molar-refractivity contribution is -0.197. The zero-order valence-corrected chi connectivity index (χ0v) is 19.5. The smallest absolute Gasteiger partial charge is 0.334 e. The number of nitrogens with zero attached hydrogens (tertiary/aromatic N) is 2. The van der Waals surface area contributed by atoms with E-state index in [1.165, 1.54) is 18.9 Å². The highest BCUT2D eigenvalue weighted by atomic mass is 32.2. The third-order valence-corrected chi connectivity index (χ3v) is 7.13. The number of sulfone groups is 1. The van der Waals surface area contributed by atoms with Gasteiger partial charge in [-0.3, -0.25) is 14.4 Å². The van der Waals surface area contributed by atoms with E-state index in [2.05, 4.69) is 4.74 Å². The molecule has 1 aliphatic rings. The summed E-state index contributed by atoms with van der Waals surface area (Å²) in [6.45, 7) is 1.54. The first-order valence-electron chi connectivity index (χ1n) is 9.82. The van der Waals surface area contributed by atoms with E-state index < -0.39 is 27.6 Å². The standard InChI is InChI=1S/C18H30N2O9S2/c1-19(7-5-17(23)27-2)8-9-28-10-13-31(25,26)14-12-30-11-6-18(24)29-20-15(21)3-4-16(20)22/h3-14H2,1-2H3. The molecule has 1 saturated heterocycles. The van der Waals surface area contributed by atoms with Crippen LogP contribution >= 0.6 is 11.8 Å². The summed E-state index contributed by atoms with van der Waals surface area (Å²) in [7, 11) is -0.111. The molecule has 0 aromatic rings. The Morgan fingerprint density at radius 3 is 2.32 bits per heavy atom. The average Bonchev–Trinajstić information content (AvgIpc) is 3.03. The Morgan fingerprint density at radius 1 is 1.00 bits per heavy atom. The Balaban J connectivity index is 2.06. The average molecular weight is 483 g/mol. The Hall–Kier alpha value is -1.70. The molecule has 0 aromatic carbocycles. The molecule has 0 radical (unpaired) electrons. The van der Waals surface area contributed by atoms with Crippen molar-refractivity contribution in [3.05, 3.63) is 0 Å². The van der Waals surface area contributed by atoms with Gasteiger partial charge in [0.2, 0.25) is 0 Å². The molecule has 1 aliphatic heterocycles. The van der Waals surface area contributed by atoms with Crippen LogP contribution in [0.3, 0.4) is 0 Å². The molecule has 0 N–H and O–H groups in total. The van der Waals surface area contributed by atoms with Crippen molar-refractivity contribution >= 4 is 45.4 Å². The molecule has 2 amide bonds. The number of carbonyl (C=O) groups excluding carboxylic acids is 4. The first kappa shape index (κ1) is 27.3. The summed E-state index contributed by atoms with van der Waals surface area (Å²) >= 11 is 1.27. The van der Waals surface area contributed by atoms with Crippen molar-refractivity contribution in [2.45, 2.75) is 25.7 Å². The fourth-order valence-corrected chi connectivity index (χ4v) is 4.93. The molecule has 0 aromatic heterocycles. The van der Waals surface area contributed by atoms with Crippen LogP contribution in [0.25, 0.3) is 0 Å². The van der Waals surface area contributed by atoms with Gasteiger partial charge >= 0.3 is 11.9 Å². The lowest BCUT2D eigenvalue weighted by Crippen LogP contribution is -2.32. The maximum absolute atomic E-state index is 12.0. The number of amides is 2. The van der Waals surface area contributed by atoms with E-state index >= 15 is 0 Å². The zero-order valence-electron chi connectivity index (χ0n) is 17.9. The number of hydrogen-bond acceptors (Lipinski definition) is 11. The largest absolute Gasteiger partial charge is 0.469 e. The molecular weight excluding hydrogens is 452 g/mol. The van der Waals surface area contributed by atoms with Crippen LogP contribution in [0, 0.1) is 0 Å². The summed E-state index contributed by atoms with van der Waals surface area (Å²) in [5.74, 6) is -1.57. The Labute approximate surface area is 186 Å². The Morgan fingerprint density at radius 2 is 1.68 bits per heavy atom. The van der Waals surface area contributed by atoms with Crippen LogP contribution in [0.5, 0.6) is 0 Å². The van der Waals surface area contributed by atoms with Gasteiger partial charge in [0, 0.05) is 37.4 Å². The summed E-state index contributed by atoms with van der Waals surface area (Å²) < 4.78 is 33.9. The number of hydrogen-bond donors (Lipinski definition) is 0. The second-order valence-electron chi connectivity index (χ2n) is 6.80. The first-order valence-corrected chi connectivity index (χ1v) is 12.8. The predicted octanol–water partition coefficient (Wildman–Crippen LogP) is -0.357. The van der Waals surface area contributed by atoms with Crippen molar-refractivity contribution in [3.63, 3.8) is 0 Å². The Bertz CT molecular complexity index is 712.